The van der Waals surface area contributed by atoms with Crippen LogP contribution in [0.2, 0.25) is 0 Å². The van der Waals surface area contributed by atoms with Gasteiger partial charge in [0.2, 0.25) is 5.91 Å². The van der Waals surface area contributed by atoms with Crippen LogP contribution in [0, 0.1) is 17.7 Å². The van der Waals surface area contributed by atoms with Gasteiger partial charge < -0.3 is 14.9 Å². The molecule has 4 nitrogen and oxygen atoms in total. The number of likely N-dealkylation sites (N-methyl/N-ethyl adjacent to an activating group) is 1. The maximum Gasteiger partial charge on any atom is 0.226 e. The molecule has 1 N–H and O–H groups in total. The second-order valence-electron chi connectivity index (χ2n) is 9.06. The number of nitrogens with zero attached hydrogens (tertiary/aromatic N) is 2. The molecule has 0 unspecified atom stereocenters. The van der Waals surface area contributed by atoms with Gasteiger partial charge in [0.05, 0.1) is 18.7 Å². The molecule has 0 spiro atoms. The Hall–Kier alpha value is -2.40. The molecule has 158 valence electrons. The predicted octanol–water partition coefficient (Wildman–Crippen LogP) is 4.38. The standard InChI is InChI=1S/C25H29FN2O2/c1-27-22-10-9-18(17-7-4-8-19(26)13-17)14-21(22)24-20(23(27)15-29)11-12-28(24)25(30)16-5-2-3-6-16/h4,7-10,13-14,16,20,23-24,29H,2-3,5-6,11-12,15H2,1H3/t20-,23-,24-/m1/s1. The van der Waals surface area contributed by atoms with Crippen LogP contribution in [0.5, 0.6) is 0 Å². The first-order valence-electron chi connectivity index (χ1n) is 11.1. The number of hydrogen-bond acceptors (Lipinski definition) is 3. The third kappa shape index (κ3) is 3.11. The highest BCUT2D eigenvalue weighted by Crippen LogP contribution is 2.50. The molecule has 2 heterocycles. The number of hydrogen-bond donors (Lipinski definition) is 1. The number of anilines is 1. The van der Waals surface area contributed by atoms with Crippen LogP contribution in [-0.4, -0.2) is 42.2 Å². The molecule has 5 heteroatoms. The van der Waals surface area contributed by atoms with E-state index >= 15 is 0 Å². The summed E-state index contributed by atoms with van der Waals surface area (Å²) in [6.07, 6.45) is 5.17. The molecule has 0 radical (unpaired) electrons. The summed E-state index contributed by atoms with van der Waals surface area (Å²) < 4.78 is 13.8. The molecule has 0 bridgehead atoms. The van der Waals surface area contributed by atoms with Crippen molar-refractivity contribution < 1.29 is 14.3 Å². The fourth-order valence-corrected chi connectivity index (χ4v) is 5.96. The SMILES string of the molecule is CN1c2ccc(-c3cccc(F)c3)cc2[C@H]2[C@H](CCN2C(=O)C2CCCC2)[C@H]1CO. The summed E-state index contributed by atoms with van der Waals surface area (Å²) in [7, 11) is 2.03. The number of rotatable bonds is 3. The molecule has 1 aliphatic carbocycles. The van der Waals surface area contributed by atoms with Gasteiger partial charge in [0.25, 0.3) is 0 Å². The molecule has 3 aliphatic rings. The average molecular weight is 409 g/mol. The minimum absolute atomic E-state index is 0.00361. The maximum atomic E-state index is 13.8. The van der Waals surface area contributed by atoms with Crippen molar-refractivity contribution >= 4 is 11.6 Å². The van der Waals surface area contributed by atoms with Crippen molar-refractivity contribution in [3.63, 3.8) is 0 Å². The molecule has 2 fully saturated rings. The number of benzene rings is 2. The first-order valence-corrected chi connectivity index (χ1v) is 11.1. The van der Waals surface area contributed by atoms with E-state index in [1.165, 1.54) is 6.07 Å². The first kappa shape index (κ1) is 19.6. The van der Waals surface area contributed by atoms with Gasteiger partial charge in [0.1, 0.15) is 5.82 Å². The first-order chi connectivity index (χ1) is 14.6. The molecular formula is C25H29FN2O2. The third-order valence-corrected chi connectivity index (χ3v) is 7.50. The van der Waals surface area contributed by atoms with Gasteiger partial charge in [0.15, 0.2) is 0 Å². The summed E-state index contributed by atoms with van der Waals surface area (Å²) in [5.41, 5.74) is 3.98. The molecule has 1 saturated heterocycles. The second kappa shape index (κ2) is 7.69. The third-order valence-electron chi connectivity index (χ3n) is 7.50. The van der Waals surface area contributed by atoms with Crippen LogP contribution in [0.1, 0.15) is 43.7 Å². The lowest BCUT2D eigenvalue weighted by atomic mass is 9.81. The number of fused-ring (bicyclic) bond motifs is 3. The van der Waals surface area contributed by atoms with E-state index in [0.717, 1.165) is 61.0 Å². The van der Waals surface area contributed by atoms with E-state index in [-0.39, 0.29) is 42.3 Å². The molecule has 1 amide bonds. The van der Waals surface area contributed by atoms with Crippen molar-refractivity contribution in [1.29, 1.82) is 0 Å². The van der Waals surface area contributed by atoms with Crippen molar-refractivity contribution in [1.82, 2.24) is 4.90 Å². The normalized spacial score (nSPS) is 26.0. The van der Waals surface area contributed by atoms with Gasteiger partial charge in [-0.2, -0.15) is 0 Å². The highest BCUT2D eigenvalue weighted by Gasteiger charge is 2.48. The van der Waals surface area contributed by atoms with Crippen LogP contribution in [0.15, 0.2) is 42.5 Å². The number of likely N-dealkylation sites (tertiary alicyclic amines) is 1. The van der Waals surface area contributed by atoms with Gasteiger partial charge >= 0.3 is 0 Å². The van der Waals surface area contributed by atoms with Crippen LogP contribution in [-0.2, 0) is 4.79 Å². The fourth-order valence-electron chi connectivity index (χ4n) is 5.96. The van der Waals surface area contributed by atoms with E-state index in [1.807, 2.05) is 19.2 Å². The van der Waals surface area contributed by atoms with Crippen molar-refractivity contribution in [3.8, 4) is 11.1 Å². The number of aliphatic hydroxyl groups is 1. The molecule has 5 rings (SSSR count). The van der Waals surface area contributed by atoms with E-state index in [9.17, 15) is 14.3 Å². The van der Waals surface area contributed by atoms with Crippen molar-refractivity contribution in [2.45, 2.75) is 44.2 Å². The molecule has 1 saturated carbocycles. The van der Waals surface area contributed by atoms with Crippen molar-refractivity contribution in [2.75, 3.05) is 25.1 Å². The zero-order valence-corrected chi connectivity index (χ0v) is 17.4. The number of carbonyl (C=O) groups excluding carboxylic acids is 1. The number of halogens is 1. The molecule has 2 aliphatic heterocycles. The van der Waals surface area contributed by atoms with Gasteiger partial charge in [-0.05, 0) is 60.2 Å². The summed E-state index contributed by atoms with van der Waals surface area (Å²) >= 11 is 0. The second-order valence-corrected chi connectivity index (χ2v) is 9.06. The molecule has 30 heavy (non-hydrogen) atoms. The van der Waals surface area contributed by atoms with Gasteiger partial charge in [-0.3, -0.25) is 4.79 Å². The summed E-state index contributed by atoms with van der Waals surface area (Å²) in [6, 6.07) is 12.8. The van der Waals surface area contributed by atoms with Crippen LogP contribution < -0.4 is 4.90 Å². The van der Waals surface area contributed by atoms with E-state index in [0.29, 0.717) is 0 Å². The fraction of sp³-hybridized carbons (Fsp3) is 0.480. The quantitative estimate of drug-likeness (QED) is 0.820. The monoisotopic (exact) mass is 408 g/mol. The topological polar surface area (TPSA) is 43.8 Å². The summed E-state index contributed by atoms with van der Waals surface area (Å²) in [5, 5.41) is 10.1. The van der Waals surface area contributed by atoms with Crippen LogP contribution in [0.4, 0.5) is 10.1 Å². The van der Waals surface area contributed by atoms with Gasteiger partial charge in [-0.15, -0.1) is 0 Å². The Morgan fingerprint density at radius 2 is 1.87 bits per heavy atom. The Morgan fingerprint density at radius 1 is 1.10 bits per heavy atom. The van der Waals surface area contributed by atoms with Gasteiger partial charge in [-0.1, -0.05) is 31.0 Å². The van der Waals surface area contributed by atoms with E-state index in [2.05, 4.69) is 21.9 Å². The highest BCUT2D eigenvalue weighted by molar-refractivity contribution is 5.81. The van der Waals surface area contributed by atoms with Crippen molar-refractivity contribution in [2.24, 2.45) is 11.8 Å². The van der Waals surface area contributed by atoms with E-state index in [1.54, 1.807) is 12.1 Å². The Bertz CT molecular complexity index is 956. The Kier molecular flexibility index (Phi) is 5.02. The lowest BCUT2D eigenvalue weighted by molar-refractivity contribution is -0.136. The summed E-state index contributed by atoms with van der Waals surface area (Å²) in [4.78, 5) is 17.6. The summed E-state index contributed by atoms with van der Waals surface area (Å²) in [6.45, 7) is 0.826. The van der Waals surface area contributed by atoms with Crippen LogP contribution in [0.25, 0.3) is 11.1 Å². The Morgan fingerprint density at radius 3 is 2.60 bits per heavy atom. The smallest absolute Gasteiger partial charge is 0.226 e. The highest BCUT2D eigenvalue weighted by atomic mass is 19.1. The molecule has 0 aromatic heterocycles. The largest absolute Gasteiger partial charge is 0.394 e. The molecule has 2 aromatic carbocycles. The van der Waals surface area contributed by atoms with E-state index in [4.69, 9.17) is 0 Å². The number of aliphatic hydroxyl groups excluding tert-OH is 1. The Labute approximate surface area is 177 Å². The van der Waals surface area contributed by atoms with E-state index < -0.39 is 0 Å². The van der Waals surface area contributed by atoms with Crippen LogP contribution >= 0.6 is 0 Å². The van der Waals surface area contributed by atoms with Gasteiger partial charge in [0, 0.05) is 31.1 Å². The molecule has 2 aromatic rings. The zero-order chi connectivity index (χ0) is 20.8. The van der Waals surface area contributed by atoms with Crippen LogP contribution in [0.3, 0.4) is 0 Å². The Balaban J connectivity index is 1.58. The number of amides is 1. The molecule has 3 atom stereocenters. The van der Waals surface area contributed by atoms with Gasteiger partial charge in [-0.25, -0.2) is 4.39 Å². The van der Waals surface area contributed by atoms with Crippen molar-refractivity contribution in [3.05, 3.63) is 53.8 Å². The lowest BCUT2D eigenvalue weighted by Crippen LogP contribution is -2.48. The minimum Gasteiger partial charge on any atom is -0.394 e. The summed E-state index contributed by atoms with van der Waals surface area (Å²) in [5.74, 6) is 0.384. The minimum atomic E-state index is -0.250. The zero-order valence-electron chi connectivity index (χ0n) is 17.4. The predicted molar refractivity (Wildman–Crippen MR) is 116 cm³/mol. The average Bonchev–Trinajstić information content (AvgIpc) is 3.44. The number of carbonyl (C=O) groups is 1. The molecular weight excluding hydrogens is 379 g/mol. The lowest BCUT2D eigenvalue weighted by Gasteiger charge is -2.45. The maximum absolute atomic E-state index is 13.8.